The van der Waals surface area contributed by atoms with E-state index in [2.05, 4.69) is 0 Å². The third-order valence-electron chi connectivity index (χ3n) is 9.99. The van der Waals surface area contributed by atoms with Gasteiger partial charge in [0.25, 0.3) is 0 Å². The zero-order chi connectivity index (χ0) is 24.8. The fraction of sp³-hybridized carbons (Fsp3) is 0.704. The van der Waals surface area contributed by atoms with Gasteiger partial charge in [0, 0.05) is 10.8 Å². The highest BCUT2D eigenvalue weighted by atomic mass is 16.6. The topological polar surface area (TPSA) is 117 Å². The average Bonchev–Trinajstić information content (AvgIpc) is 3.57. The summed E-state index contributed by atoms with van der Waals surface area (Å²) in [6.45, 7) is 9.38. The number of ketones is 1. The number of carbonyl (C=O) groups excluding carboxylic acids is 2. The van der Waals surface area contributed by atoms with Crippen molar-refractivity contribution < 1.29 is 34.4 Å². The first kappa shape index (κ1) is 23.9. The first-order valence-corrected chi connectivity index (χ1v) is 12.3. The Morgan fingerprint density at radius 2 is 1.74 bits per heavy atom. The van der Waals surface area contributed by atoms with Crippen LogP contribution in [0.25, 0.3) is 0 Å². The van der Waals surface area contributed by atoms with E-state index >= 15 is 0 Å². The number of rotatable bonds is 2. The summed E-state index contributed by atoms with van der Waals surface area (Å²) in [4.78, 5) is 27.1. The van der Waals surface area contributed by atoms with E-state index in [1.807, 2.05) is 27.7 Å². The molecule has 4 aliphatic rings. The van der Waals surface area contributed by atoms with Crippen molar-refractivity contribution in [2.45, 2.75) is 90.0 Å². The fourth-order valence-corrected chi connectivity index (χ4v) is 7.40. The van der Waals surface area contributed by atoms with E-state index in [-0.39, 0.29) is 24.2 Å². The first-order chi connectivity index (χ1) is 15.8. The van der Waals surface area contributed by atoms with Crippen LogP contribution in [0.4, 0.5) is 0 Å². The molecule has 10 atom stereocenters. The Labute approximate surface area is 200 Å². The molecule has 0 aromatic heterocycles. The molecule has 7 heteroatoms. The molecule has 7 nitrogen and oxygen atoms in total. The van der Waals surface area contributed by atoms with Crippen LogP contribution in [-0.4, -0.2) is 63.2 Å². The largest absolute Gasteiger partial charge is 0.458 e. The van der Waals surface area contributed by atoms with Crippen LogP contribution in [0.15, 0.2) is 30.3 Å². The van der Waals surface area contributed by atoms with Gasteiger partial charge in [-0.2, -0.15) is 0 Å². The summed E-state index contributed by atoms with van der Waals surface area (Å²) in [5.41, 5.74) is -4.11. The molecular formula is C27H36O7. The van der Waals surface area contributed by atoms with Gasteiger partial charge in [-0.05, 0) is 44.2 Å². The Morgan fingerprint density at radius 3 is 2.38 bits per heavy atom. The van der Waals surface area contributed by atoms with Crippen molar-refractivity contribution in [2.75, 3.05) is 0 Å². The number of fused-ring (bicyclic) bond motifs is 4. The molecule has 1 aromatic carbocycles. The maximum Gasteiger partial charge on any atom is 0.338 e. The molecule has 0 bridgehead atoms. The van der Waals surface area contributed by atoms with Crippen LogP contribution in [0.1, 0.15) is 64.2 Å². The molecule has 0 amide bonds. The maximum absolute atomic E-state index is 14.2. The van der Waals surface area contributed by atoms with Crippen molar-refractivity contribution in [3.63, 3.8) is 0 Å². The monoisotopic (exact) mass is 472 g/mol. The van der Waals surface area contributed by atoms with E-state index in [0.717, 1.165) is 0 Å². The van der Waals surface area contributed by atoms with Gasteiger partial charge in [-0.25, -0.2) is 4.79 Å². The van der Waals surface area contributed by atoms with Crippen LogP contribution < -0.4 is 0 Å². The minimum absolute atomic E-state index is 0.107. The summed E-state index contributed by atoms with van der Waals surface area (Å²) >= 11 is 0. The Kier molecular flexibility index (Phi) is 5.17. The highest BCUT2D eigenvalue weighted by Crippen LogP contribution is 2.68. The number of aliphatic hydroxyl groups excluding tert-OH is 2. The third-order valence-corrected chi connectivity index (χ3v) is 9.99. The van der Waals surface area contributed by atoms with Gasteiger partial charge in [-0.3, -0.25) is 4.79 Å². The molecule has 1 aliphatic heterocycles. The second-order valence-electron chi connectivity index (χ2n) is 12.1. The predicted octanol–water partition coefficient (Wildman–Crippen LogP) is 2.50. The second-order valence-corrected chi connectivity index (χ2v) is 12.1. The molecule has 34 heavy (non-hydrogen) atoms. The molecule has 3 unspecified atom stereocenters. The van der Waals surface area contributed by atoms with Crippen LogP contribution in [-0.2, 0) is 14.3 Å². The Hall–Kier alpha value is -1.80. The lowest BCUT2D eigenvalue weighted by atomic mass is 9.45. The number of epoxide rings is 1. The Bertz CT molecular complexity index is 1010. The lowest BCUT2D eigenvalue weighted by Crippen LogP contribution is -2.72. The zero-order valence-corrected chi connectivity index (χ0v) is 20.5. The van der Waals surface area contributed by atoms with Crippen LogP contribution in [0.3, 0.4) is 0 Å². The van der Waals surface area contributed by atoms with Gasteiger partial charge in [0.2, 0.25) is 0 Å². The molecule has 4 fully saturated rings. The maximum atomic E-state index is 14.2. The van der Waals surface area contributed by atoms with Gasteiger partial charge in [-0.1, -0.05) is 45.9 Å². The van der Waals surface area contributed by atoms with Crippen molar-refractivity contribution in [1.82, 2.24) is 0 Å². The Balaban J connectivity index is 1.54. The van der Waals surface area contributed by atoms with E-state index in [0.29, 0.717) is 18.4 Å². The number of esters is 1. The summed E-state index contributed by atoms with van der Waals surface area (Å²) in [7, 11) is 0. The smallest absolute Gasteiger partial charge is 0.338 e. The van der Waals surface area contributed by atoms with Gasteiger partial charge < -0.3 is 24.8 Å². The van der Waals surface area contributed by atoms with Gasteiger partial charge in [0.15, 0.2) is 5.78 Å². The van der Waals surface area contributed by atoms with E-state index < -0.39 is 58.1 Å². The van der Waals surface area contributed by atoms with Crippen molar-refractivity contribution in [1.29, 1.82) is 0 Å². The number of hydrogen-bond acceptors (Lipinski definition) is 7. The predicted molar refractivity (Wildman–Crippen MR) is 123 cm³/mol. The molecule has 1 heterocycles. The molecule has 0 spiro atoms. The molecule has 3 aliphatic carbocycles. The summed E-state index contributed by atoms with van der Waals surface area (Å²) in [6.07, 6.45) is -2.56. The lowest BCUT2D eigenvalue weighted by molar-refractivity contribution is -0.218. The van der Waals surface area contributed by atoms with Gasteiger partial charge in [0.05, 0.1) is 41.3 Å². The normalized spacial score (nSPS) is 49.2. The standard InChI is InChI=1S/C27H36O7/c1-14-13-27(32)17(18(14)33-22(30)15-9-7-6-8-10-15)19(29)25(4)12-11-16(28)24(2,3)20-21(34-20)26(25,5)23(27)31/h6-10,14,16-21,28-29,32H,11-13H2,1-5H3/t14-,16-,17?,18-,19+,20?,21?,25-,26+,27+/m0/s1. The van der Waals surface area contributed by atoms with E-state index in [4.69, 9.17) is 9.47 Å². The number of carbonyl (C=O) groups is 2. The van der Waals surface area contributed by atoms with Crippen molar-refractivity contribution >= 4 is 11.8 Å². The Morgan fingerprint density at radius 1 is 1.09 bits per heavy atom. The summed E-state index contributed by atoms with van der Waals surface area (Å²) in [5, 5.41) is 34.6. The van der Waals surface area contributed by atoms with E-state index in [9.17, 15) is 24.9 Å². The number of ether oxygens (including phenoxy) is 2. The highest BCUT2D eigenvalue weighted by molar-refractivity contribution is 5.96. The second kappa shape index (κ2) is 7.36. The number of hydrogen-bond donors (Lipinski definition) is 3. The highest BCUT2D eigenvalue weighted by Gasteiger charge is 2.79. The summed E-state index contributed by atoms with van der Waals surface area (Å²) in [6, 6.07) is 8.58. The zero-order valence-electron chi connectivity index (χ0n) is 20.5. The van der Waals surface area contributed by atoms with E-state index in [1.165, 1.54) is 0 Å². The molecule has 3 N–H and O–H groups in total. The molecule has 1 saturated heterocycles. The lowest BCUT2D eigenvalue weighted by Gasteiger charge is -2.59. The van der Waals surface area contributed by atoms with Gasteiger partial charge >= 0.3 is 5.97 Å². The van der Waals surface area contributed by atoms with Gasteiger partial charge in [0.1, 0.15) is 11.7 Å². The van der Waals surface area contributed by atoms with Crippen LogP contribution in [0.5, 0.6) is 0 Å². The quantitative estimate of drug-likeness (QED) is 0.447. The molecular weight excluding hydrogens is 436 g/mol. The van der Waals surface area contributed by atoms with Crippen LogP contribution in [0, 0.1) is 28.1 Å². The van der Waals surface area contributed by atoms with E-state index in [1.54, 1.807) is 37.3 Å². The molecule has 5 rings (SSSR count). The summed E-state index contributed by atoms with van der Waals surface area (Å²) in [5.74, 6) is -2.17. The van der Waals surface area contributed by atoms with Crippen LogP contribution >= 0.6 is 0 Å². The molecule has 1 aromatic rings. The molecule has 0 radical (unpaired) electrons. The molecule has 186 valence electrons. The minimum Gasteiger partial charge on any atom is -0.458 e. The minimum atomic E-state index is -1.83. The molecule has 3 saturated carbocycles. The number of Topliss-reactive ketones (excluding diaryl/α,β-unsaturated/α-hetero) is 1. The third kappa shape index (κ3) is 2.90. The average molecular weight is 473 g/mol. The van der Waals surface area contributed by atoms with Crippen molar-refractivity contribution in [3.05, 3.63) is 35.9 Å². The first-order valence-electron chi connectivity index (χ1n) is 12.3. The fourth-order valence-electron chi connectivity index (χ4n) is 7.40. The number of aliphatic hydroxyl groups is 3. The SMILES string of the molecule is C[C@H]1C[C@]2(O)C(=O)[C@@]3(C)C4OC4C(C)(C)[C@@H](O)CC[C@@]3(C)[C@H](O)C2[C@H]1OC(=O)c1ccccc1. The van der Waals surface area contributed by atoms with Crippen molar-refractivity contribution in [3.8, 4) is 0 Å². The number of benzene rings is 1. The van der Waals surface area contributed by atoms with Crippen LogP contribution in [0.2, 0.25) is 0 Å². The van der Waals surface area contributed by atoms with Gasteiger partial charge in [-0.15, -0.1) is 0 Å². The van der Waals surface area contributed by atoms with Crippen molar-refractivity contribution in [2.24, 2.45) is 28.1 Å². The summed E-state index contributed by atoms with van der Waals surface area (Å²) < 4.78 is 11.9.